The van der Waals surface area contributed by atoms with E-state index in [1.807, 2.05) is 0 Å². The van der Waals surface area contributed by atoms with Gasteiger partial charge in [0.05, 0.1) is 0 Å². The molecule has 2 rings (SSSR count). The highest BCUT2D eigenvalue weighted by molar-refractivity contribution is 5.31. The first kappa shape index (κ1) is 14.6. The van der Waals surface area contributed by atoms with Gasteiger partial charge in [-0.05, 0) is 43.4 Å². The molecule has 1 aromatic carbocycles. The van der Waals surface area contributed by atoms with Crippen LogP contribution in [-0.4, -0.2) is 6.54 Å². The summed E-state index contributed by atoms with van der Waals surface area (Å²) in [7, 11) is 0. The highest BCUT2D eigenvalue weighted by Crippen LogP contribution is 2.28. The van der Waals surface area contributed by atoms with Crippen LogP contribution >= 0.6 is 0 Å². The molecule has 0 saturated carbocycles. The third kappa shape index (κ3) is 4.65. The summed E-state index contributed by atoms with van der Waals surface area (Å²) in [6.07, 6.45) is 12.1. The average Bonchev–Trinajstić information content (AvgIpc) is 2.65. The van der Waals surface area contributed by atoms with Crippen molar-refractivity contribution >= 4 is 0 Å². The molecule has 0 spiro atoms. The Kier molecular flexibility index (Phi) is 6.43. The number of hydrogen-bond acceptors (Lipinski definition) is 1. The average molecular weight is 259 g/mol. The van der Waals surface area contributed by atoms with Crippen molar-refractivity contribution < 1.29 is 0 Å². The zero-order chi connectivity index (χ0) is 13.3. The predicted octanol–water partition coefficient (Wildman–Crippen LogP) is 5.01. The van der Waals surface area contributed by atoms with E-state index in [2.05, 4.69) is 36.5 Å². The molecule has 1 unspecified atom stereocenters. The van der Waals surface area contributed by atoms with Gasteiger partial charge in [0.2, 0.25) is 0 Å². The minimum atomic E-state index is 0.602. The van der Waals surface area contributed by atoms with Crippen molar-refractivity contribution in [3.8, 4) is 0 Å². The van der Waals surface area contributed by atoms with Crippen molar-refractivity contribution in [3.05, 3.63) is 35.4 Å². The molecule has 1 nitrogen and oxygen atoms in total. The predicted molar refractivity (Wildman–Crippen MR) is 83.5 cm³/mol. The van der Waals surface area contributed by atoms with Gasteiger partial charge in [0, 0.05) is 6.04 Å². The summed E-state index contributed by atoms with van der Waals surface area (Å²) in [5, 5.41) is 3.79. The maximum Gasteiger partial charge on any atom is 0.0322 e. The topological polar surface area (TPSA) is 12.0 Å². The monoisotopic (exact) mass is 259 g/mol. The number of fused-ring (bicyclic) bond motifs is 1. The number of nitrogens with one attached hydrogen (secondary N) is 1. The number of hydrogen-bond donors (Lipinski definition) is 1. The van der Waals surface area contributed by atoms with Gasteiger partial charge in [0.15, 0.2) is 0 Å². The zero-order valence-electron chi connectivity index (χ0n) is 12.5. The molecule has 106 valence electrons. The highest BCUT2D eigenvalue weighted by Gasteiger charge is 2.17. The summed E-state index contributed by atoms with van der Waals surface area (Å²) in [4.78, 5) is 0. The fourth-order valence-corrected chi connectivity index (χ4v) is 3.14. The molecule has 0 heterocycles. The quantitative estimate of drug-likeness (QED) is 0.536. The minimum absolute atomic E-state index is 0.602. The molecule has 1 aromatic rings. The number of benzene rings is 1. The smallest absolute Gasteiger partial charge is 0.0322 e. The Labute approximate surface area is 118 Å². The Morgan fingerprint density at radius 2 is 1.89 bits per heavy atom. The highest BCUT2D eigenvalue weighted by atomic mass is 14.9. The van der Waals surface area contributed by atoms with E-state index < -0.39 is 0 Å². The van der Waals surface area contributed by atoms with E-state index in [1.54, 1.807) is 11.1 Å². The lowest BCUT2D eigenvalue weighted by Gasteiger charge is -2.19. The van der Waals surface area contributed by atoms with Crippen molar-refractivity contribution in [2.24, 2.45) is 0 Å². The zero-order valence-corrected chi connectivity index (χ0v) is 12.5. The molecule has 1 aliphatic rings. The van der Waals surface area contributed by atoms with Crippen LogP contribution in [0.25, 0.3) is 0 Å². The summed E-state index contributed by atoms with van der Waals surface area (Å²) in [5.74, 6) is 0. The number of rotatable bonds is 7. The fourth-order valence-electron chi connectivity index (χ4n) is 3.14. The van der Waals surface area contributed by atoms with Gasteiger partial charge < -0.3 is 5.32 Å². The van der Waals surface area contributed by atoms with E-state index in [0.29, 0.717) is 6.04 Å². The number of unbranched alkanes of at least 4 members (excludes halogenated alkanes) is 4. The summed E-state index contributed by atoms with van der Waals surface area (Å²) in [6, 6.07) is 9.63. The first-order valence-electron chi connectivity index (χ1n) is 8.23. The Bertz CT molecular complexity index is 358. The molecule has 0 aliphatic heterocycles. The van der Waals surface area contributed by atoms with Crippen LogP contribution in [0.2, 0.25) is 0 Å². The molecule has 0 aromatic heterocycles. The molecule has 1 heteroatoms. The van der Waals surface area contributed by atoms with Crippen LogP contribution < -0.4 is 5.32 Å². The summed E-state index contributed by atoms with van der Waals surface area (Å²) in [5.41, 5.74) is 3.14. The molecule has 0 amide bonds. The van der Waals surface area contributed by atoms with Gasteiger partial charge in [-0.2, -0.15) is 0 Å². The molecule has 0 fully saturated rings. The second-order valence-corrected chi connectivity index (χ2v) is 5.87. The Balaban J connectivity index is 1.79. The first-order chi connectivity index (χ1) is 9.42. The second-order valence-electron chi connectivity index (χ2n) is 5.87. The fraction of sp³-hybridized carbons (Fsp3) is 0.667. The van der Waals surface area contributed by atoms with Gasteiger partial charge in [-0.15, -0.1) is 0 Å². The molecule has 1 N–H and O–H groups in total. The molecule has 0 radical (unpaired) electrons. The normalized spacial score (nSPS) is 18.9. The van der Waals surface area contributed by atoms with Crippen LogP contribution in [-0.2, 0) is 6.42 Å². The van der Waals surface area contributed by atoms with Gasteiger partial charge >= 0.3 is 0 Å². The lowest BCUT2D eigenvalue weighted by atomic mass is 9.99. The third-order valence-corrected chi connectivity index (χ3v) is 4.29. The van der Waals surface area contributed by atoms with Crippen molar-refractivity contribution in [2.45, 2.75) is 70.8 Å². The second kappa shape index (κ2) is 8.37. The van der Waals surface area contributed by atoms with Crippen molar-refractivity contribution in [3.63, 3.8) is 0 Å². The lowest BCUT2D eigenvalue weighted by Crippen LogP contribution is -2.22. The Morgan fingerprint density at radius 3 is 2.79 bits per heavy atom. The standard InChI is InChI=1S/C18H29N/c1-2-3-4-5-10-15-19-18-14-9-7-12-16-11-6-8-13-17(16)18/h6,8,11,13,18-19H,2-5,7,9-10,12,14-15H2,1H3. The maximum atomic E-state index is 3.79. The van der Waals surface area contributed by atoms with Crippen LogP contribution in [0.4, 0.5) is 0 Å². The van der Waals surface area contributed by atoms with Crippen LogP contribution in [0.1, 0.15) is 75.5 Å². The van der Waals surface area contributed by atoms with E-state index in [-0.39, 0.29) is 0 Å². The van der Waals surface area contributed by atoms with E-state index in [4.69, 9.17) is 0 Å². The largest absolute Gasteiger partial charge is 0.310 e. The SMILES string of the molecule is CCCCCCCNC1CCCCc2ccccc21. The van der Waals surface area contributed by atoms with Crippen LogP contribution in [0.5, 0.6) is 0 Å². The van der Waals surface area contributed by atoms with Gasteiger partial charge in [-0.3, -0.25) is 0 Å². The summed E-state index contributed by atoms with van der Waals surface area (Å²) in [6.45, 7) is 3.46. The van der Waals surface area contributed by atoms with E-state index in [1.165, 1.54) is 64.3 Å². The van der Waals surface area contributed by atoms with Crippen LogP contribution in [0.15, 0.2) is 24.3 Å². The van der Waals surface area contributed by atoms with Crippen LogP contribution in [0.3, 0.4) is 0 Å². The molecule has 19 heavy (non-hydrogen) atoms. The maximum absolute atomic E-state index is 3.79. The number of aryl methyl sites for hydroxylation is 1. The van der Waals surface area contributed by atoms with Crippen molar-refractivity contribution in [2.75, 3.05) is 6.54 Å². The molecular formula is C18H29N. The molecule has 0 saturated heterocycles. The molecule has 1 atom stereocenters. The van der Waals surface area contributed by atoms with Crippen LogP contribution in [0, 0.1) is 0 Å². The lowest BCUT2D eigenvalue weighted by molar-refractivity contribution is 0.473. The summed E-state index contributed by atoms with van der Waals surface area (Å²) >= 11 is 0. The molecule has 0 bridgehead atoms. The van der Waals surface area contributed by atoms with Gasteiger partial charge in [0.25, 0.3) is 0 Å². The van der Waals surface area contributed by atoms with Gasteiger partial charge in [0.1, 0.15) is 0 Å². The van der Waals surface area contributed by atoms with Gasteiger partial charge in [-0.1, -0.05) is 63.3 Å². The van der Waals surface area contributed by atoms with Crippen molar-refractivity contribution in [1.29, 1.82) is 0 Å². The Hall–Kier alpha value is -0.820. The first-order valence-corrected chi connectivity index (χ1v) is 8.23. The van der Waals surface area contributed by atoms with E-state index in [0.717, 1.165) is 0 Å². The summed E-state index contributed by atoms with van der Waals surface area (Å²) < 4.78 is 0. The molecular weight excluding hydrogens is 230 g/mol. The van der Waals surface area contributed by atoms with Gasteiger partial charge in [-0.25, -0.2) is 0 Å². The third-order valence-electron chi connectivity index (χ3n) is 4.29. The minimum Gasteiger partial charge on any atom is -0.310 e. The molecule has 1 aliphatic carbocycles. The van der Waals surface area contributed by atoms with Crippen molar-refractivity contribution in [1.82, 2.24) is 5.32 Å². The Morgan fingerprint density at radius 1 is 1.05 bits per heavy atom. The van der Waals surface area contributed by atoms with E-state index >= 15 is 0 Å². The van der Waals surface area contributed by atoms with E-state index in [9.17, 15) is 0 Å².